The van der Waals surface area contributed by atoms with Crippen LogP contribution in [0.3, 0.4) is 0 Å². The van der Waals surface area contributed by atoms with E-state index in [0.717, 1.165) is 5.56 Å². The van der Waals surface area contributed by atoms with Crippen LogP contribution in [0.1, 0.15) is 29.9 Å². The average molecular weight is 536 g/mol. The lowest BCUT2D eigenvalue weighted by atomic mass is 9.65. The number of benzene rings is 1. The van der Waals surface area contributed by atoms with E-state index in [4.69, 9.17) is 14.2 Å². The van der Waals surface area contributed by atoms with Gasteiger partial charge in [-0.15, -0.1) is 0 Å². The highest BCUT2D eigenvalue weighted by atomic mass is 19.3. The van der Waals surface area contributed by atoms with Gasteiger partial charge in [0, 0.05) is 49.0 Å². The third-order valence-electron chi connectivity index (χ3n) is 8.93. The standard InChI is InChI=1S/C30H31F2N3O4/c1-37-24-12-23-26(28(34-24)38-2)29(36)13-20(15-35-16-21(17-35)27(31)32)25(19-6-4-3-5-7-19)30(29,39-23)22-10-8-18(14-33)9-11-22/h3-10,12,20-22,25,27,36H,11,13,15-17H2,1-2H3/t20-,22?,25-,29-,30+/m1/s1. The highest BCUT2D eigenvalue weighted by Crippen LogP contribution is 2.69. The van der Waals surface area contributed by atoms with E-state index in [9.17, 15) is 19.1 Å². The molecule has 0 amide bonds. The van der Waals surface area contributed by atoms with Gasteiger partial charge in [0.1, 0.15) is 11.4 Å². The predicted molar refractivity (Wildman–Crippen MR) is 139 cm³/mol. The van der Waals surface area contributed by atoms with Crippen molar-refractivity contribution >= 4 is 0 Å². The summed E-state index contributed by atoms with van der Waals surface area (Å²) >= 11 is 0. The summed E-state index contributed by atoms with van der Waals surface area (Å²) in [6.45, 7) is 1.21. The number of likely N-dealkylation sites (tertiary alicyclic amines) is 1. The molecule has 2 aliphatic heterocycles. The average Bonchev–Trinajstić information content (AvgIpc) is 3.33. The number of pyridine rings is 1. The molecule has 3 heterocycles. The van der Waals surface area contributed by atoms with Crippen molar-refractivity contribution in [2.24, 2.45) is 17.8 Å². The third kappa shape index (κ3) is 3.84. The van der Waals surface area contributed by atoms with Crippen molar-refractivity contribution in [1.82, 2.24) is 9.88 Å². The molecule has 6 rings (SSSR count). The van der Waals surface area contributed by atoms with Crippen LogP contribution in [0, 0.1) is 29.1 Å². The van der Waals surface area contributed by atoms with Gasteiger partial charge in [0.2, 0.25) is 18.2 Å². The van der Waals surface area contributed by atoms with Crippen LogP contribution in [0.15, 0.2) is 60.2 Å². The molecule has 0 spiro atoms. The van der Waals surface area contributed by atoms with Crippen molar-refractivity contribution in [1.29, 1.82) is 5.26 Å². The van der Waals surface area contributed by atoms with Crippen LogP contribution in [0.2, 0.25) is 0 Å². The molecule has 1 aromatic heterocycles. The van der Waals surface area contributed by atoms with Crippen LogP contribution in [-0.2, 0) is 5.60 Å². The zero-order valence-electron chi connectivity index (χ0n) is 21.9. The molecule has 39 heavy (non-hydrogen) atoms. The molecule has 204 valence electrons. The lowest BCUT2D eigenvalue weighted by Gasteiger charge is -2.46. The molecule has 1 N–H and O–H groups in total. The molecule has 4 aliphatic rings. The van der Waals surface area contributed by atoms with Crippen LogP contribution < -0.4 is 14.2 Å². The molecule has 1 saturated carbocycles. The number of aliphatic hydroxyl groups is 1. The normalized spacial score (nSPS) is 31.6. The number of alkyl halides is 2. The van der Waals surface area contributed by atoms with Gasteiger partial charge in [0.15, 0.2) is 5.60 Å². The van der Waals surface area contributed by atoms with E-state index in [1.807, 2.05) is 47.4 Å². The monoisotopic (exact) mass is 535 g/mol. The second kappa shape index (κ2) is 9.61. The minimum Gasteiger partial charge on any atom is -0.482 e. The van der Waals surface area contributed by atoms with Crippen LogP contribution >= 0.6 is 0 Å². The summed E-state index contributed by atoms with van der Waals surface area (Å²) in [5.41, 5.74) is -0.625. The first kappa shape index (κ1) is 25.8. The Morgan fingerprint density at radius 3 is 2.62 bits per heavy atom. The fourth-order valence-corrected chi connectivity index (χ4v) is 7.32. The smallest absolute Gasteiger partial charge is 0.243 e. The Balaban J connectivity index is 1.51. The Kier molecular flexibility index (Phi) is 6.35. The van der Waals surface area contributed by atoms with Gasteiger partial charge in [-0.2, -0.15) is 10.2 Å². The van der Waals surface area contributed by atoms with Crippen LogP contribution in [-0.4, -0.2) is 60.9 Å². The molecule has 5 atom stereocenters. The lowest BCUT2D eigenvalue weighted by molar-refractivity contribution is -0.123. The van der Waals surface area contributed by atoms with E-state index in [2.05, 4.69) is 11.1 Å². The lowest BCUT2D eigenvalue weighted by Crippen LogP contribution is -2.56. The number of methoxy groups -OCH3 is 2. The second-order valence-electron chi connectivity index (χ2n) is 10.9. The maximum absolute atomic E-state index is 13.3. The number of halogens is 2. The summed E-state index contributed by atoms with van der Waals surface area (Å²) in [5, 5.41) is 22.4. The number of allylic oxidation sites excluding steroid dienone is 3. The first-order chi connectivity index (χ1) is 18.8. The number of nitriles is 1. The van der Waals surface area contributed by atoms with Gasteiger partial charge >= 0.3 is 0 Å². The number of hydrogen-bond acceptors (Lipinski definition) is 7. The number of hydrogen-bond donors (Lipinski definition) is 1. The largest absolute Gasteiger partial charge is 0.482 e. The topological polar surface area (TPSA) is 87.8 Å². The molecule has 1 aromatic carbocycles. The summed E-state index contributed by atoms with van der Waals surface area (Å²) in [7, 11) is 3.01. The molecular formula is C30H31F2N3O4. The van der Waals surface area contributed by atoms with Gasteiger partial charge in [0.05, 0.1) is 25.9 Å². The third-order valence-corrected chi connectivity index (χ3v) is 8.93. The molecule has 2 aliphatic carbocycles. The summed E-state index contributed by atoms with van der Waals surface area (Å²) in [5.74, 6) is -0.316. The van der Waals surface area contributed by atoms with E-state index >= 15 is 0 Å². The van der Waals surface area contributed by atoms with Crippen molar-refractivity contribution in [3.05, 3.63) is 71.3 Å². The number of nitrogens with zero attached hydrogens (tertiary/aromatic N) is 3. The first-order valence-corrected chi connectivity index (χ1v) is 13.2. The predicted octanol–water partition coefficient (Wildman–Crippen LogP) is 4.44. The second-order valence-corrected chi connectivity index (χ2v) is 10.9. The van der Waals surface area contributed by atoms with Gasteiger partial charge in [-0.25, -0.2) is 8.78 Å². The van der Waals surface area contributed by atoms with Crippen molar-refractivity contribution in [2.45, 2.75) is 36.4 Å². The van der Waals surface area contributed by atoms with Crippen LogP contribution in [0.4, 0.5) is 8.78 Å². The Hall–Kier alpha value is -3.48. The van der Waals surface area contributed by atoms with E-state index in [0.29, 0.717) is 55.2 Å². The summed E-state index contributed by atoms with van der Waals surface area (Å²) in [6.07, 6.45) is 4.11. The minimum atomic E-state index is -2.33. The van der Waals surface area contributed by atoms with E-state index in [1.54, 1.807) is 12.1 Å². The highest BCUT2D eigenvalue weighted by molar-refractivity contribution is 5.57. The molecule has 1 unspecified atom stereocenters. The molecule has 9 heteroatoms. The van der Waals surface area contributed by atoms with Gasteiger partial charge in [-0.05, 0) is 30.4 Å². The quantitative estimate of drug-likeness (QED) is 0.561. The molecule has 2 aromatic rings. The van der Waals surface area contributed by atoms with Crippen molar-refractivity contribution < 1.29 is 28.1 Å². The molecular weight excluding hydrogens is 504 g/mol. The number of aromatic nitrogens is 1. The van der Waals surface area contributed by atoms with E-state index < -0.39 is 23.5 Å². The summed E-state index contributed by atoms with van der Waals surface area (Å²) in [4.78, 5) is 6.52. The molecule has 0 bridgehead atoms. The Bertz CT molecular complexity index is 1350. The Morgan fingerprint density at radius 2 is 2.00 bits per heavy atom. The van der Waals surface area contributed by atoms with Crippen LogP contribution in [0.25, 0.3) is 0 Å². The molecule has 2 fully saturated rings. The molecule has 7 nitrogen and oxygen atoms in total. The fraction of sp³-hybridized carbons (Fsp3) is 0.467. The van der Waals surface area contributed by atoms with Gasteiger partial charge in [-0.3, -0.25) is 0 Å². The van der Waals surface area contributed by atoms with Crippen molar-refractivity contribution in [3.63, 3.8) is 0 Å². The number of ether oxygens (including phenoxy) is 3. The zero-order chi connectivity index (χ0) is 27.4. The van der Waals surface area contributed by atoms with Gasteiger partial charge < -0.3 is 24.2 Å². The van der Waals surface area contributed by atoms with E-state index in [-0.39, 0.29) is 23.6 Å². The SMILES string of the molecule is COc1cc2c(c(OC)n1)[C@]1(O)C[C@H](CN3CC(C(F)F)C3)[C@@H](c3ccccc3)[C@]1(C1C=CC(C#N)=CC1)O2. The number of fused-ring (bicyclic) bond motifs is 3. The zero-order valence-corrected chi connectivity index (χ0v) is 21.9. The molecule has 0 radical (unpaired) electrons. The van der Waals surface area contributed by atoms with E-state index in [1.165, 1.54) is 14.2 Å². The first-order valence-electron chi connectivity index (χ1n) is 13.2. The maximum atomic E-state index is 13.3. The van der Waals surface area contributed by atoms with Crippen LogP contribution in [0.5, 0.6) is 17.5 Å². The van der Waals surface area contributed by atoms with Crippen molar-refractivity contribution in [2.75, 3.05) is 33.9 Å². The minimum absolute atomic E-state index is 0.106. The Labute approximate surface area is 226 Å². The van der Waals surface area contributed by atoms with Gasteiger partial charge in [0.25, 0.3) is 0 Å². The van der Waals surface area contributed by atoms with Crippen molar-refractivity contribution in [3.8, 4) is 23.6 Å². The molecule has 1 saturated heterocycles. The Morgan fingerprint density at radius 1 is 1.23 bits per heavy atom. The summed E-state index contributed by atoms with van der Waals surface area (Å²) in [6, 6.07) is 13.8. The highest BCUT2D eigenvalue weighted by Gasteiger charge is 2.74. The fourth-order valence-electron chi connectivity index (χ4n) is 7.32. The maximum Gasteiger partial charge on any atom is 0.243 e. The number of rotatable bonds is 7. The van der Waals surface area contributed by atoms with Gasteiger partial charge in [-0.1, -0.05) is 42.5 Å². The summed E-state index contributed by atoms with van der Waals surface area (Å²) < 4.78 is 44.6.